The fourth-order valence-electron chi connectivity index (χ4n) is 2.57. The fourth-order valence-corrected chi connectivity index (χ4v) is 3.48. The van der Waals surface area contributed by atoms with Crippen LogP contribution < -0.4 is 5.32 Å². The Morgan fingerprint density at radius 1 is 1.30 bits per heavy atom. The van der Waals surface area contributed by atoms with Crippen LogP contribution in [0.5, 0.6) is 0 Å². The molecule has 110 valence electrons. The van der Waals surface area contributed by atoms with Gasteiger partial charge in [-0.15, -0.1) is 0 Å². The van der Waals surface area contributed by atoms with E-state index < -0.39 is 0 Å². The Labute approximate surface area is 129 Å². The van der Waals surface area contributed by atoms with Gasteiger partial charge in [0.1, 0.15) is 0 Å². The molecule has 0 saturated carbocycles. The maximum Gasteiger partial charge on any atom is 0.251 e. The molecule has 2 rings (SSSR count). The summed E-state index contributed by atoms with van der Waals surface area (Å²) in [5.41, 5.74) is 3.04. The van der Waals surface area contributed by atoms with Gasteiger partial charge in [0.15, 0.2) is 0 Å². The van der Waals surface area contributed by atoms with Gasteiger partial charge in [0.2, 0.25) is 0 Å². The van der Waals surface area contributed by atoms with Crippen molar-refractivity contribution in [2.45, 2.75) is 44.7 Å². The first-order chi connectivity index (χ1) is 9.65. The molecule has 0 aliphatic carbocycles. The highest BCUT2D eigenvalue weighted by Gasteiger charge is 2.18. The van der Waals surface area contributed by atoms with Crippen LogP contribution in [0, 0.1) is 5.92 Å². The molecule has 1 aromatic rings. The van der Waals surface area contributed by atoms with Crippen LogP contribution in [0.1, 0.15) is 48.2 Å². The summed E-state index contributed by atoms with van der Waals surface area (Å²) in [4.78, 5) is 12.5. The SMILES string of the molecule is CCC(CC)C(Br)CNC(=O)c1ccc2c(c1)COC2. The van der Waals surface area contributed by atoms with Gasteiger partial charge in [-0.2, -0.15) is 0 Å². The summed E-state index contributed by atoms with van der Waals surface area (Å²) in [6.07, 6.45) is 2.25. The Hall–Kier alpha value is -0.870. The van der Waals surface area contributed by atoms with Crippen molar-refractivity contribution < 1.29 is 9.53 Å². The van der Waals surface area contributed by atoms with Crippen LogP contribution in [-0.4, -0.2) is 17.3 Å². The van der Waals surface area contributed by atoms with Crippen molar-refractivity contribution in [3.05, 3.63) is 34.9 Å². The van der Waals surface area contributed by atoms with E-state index in [1.54, 1.807) is 0 Å². The summed E-state index contributed by atoms with van der Waals surface area (Å²) in [5, 5.41) is 3.01. The molecule has 4 heteroatoms. The van der Waals surface area contributed by atoms with Gasteiger partial charge in [-0.25, -0.2) is 0 Å². The van der Waals surface area contributed by atoms with Gasteiger partial charge in [-0.3, -0.25) is 4.79 Å². The van der Waals surface area contributed by atoms with E-state index in [0.29, 0.717) is 30.5 Å². The Morgan fingerprint density at radius 2 is 2.00 bits per heavy atom. The van der Waals surface area contributed by atoms with Crippen LogP contribution in [-0.2, 0) is 18.0 Å². The van der Waals surface area contributed by atoms with Crippen LogP contribution in [0.2, 0.25) is 0 Å². The molecule has 1 aliphatic rings. The Balaban J connectivity index is 1.92. The second-order valence-electron chi connectivity index (χ2n) is 5.28. The number of hydrogen-bond acceptors (Lipinski definition) is 2. The lowest BCUT2D eigenvalue weighted by molar-refractivity contribution is 0.0952. The molecule has 20 heavy (non-hydrogen) atoms. The molecule has 1 amide bonds. The van der Waals surface area contributed by atoms with Crippen molar-refractivity contribution in [3.63, 3.8) is 0 Å². The summed E-state index contributed by atoms with van der Waals surface area (Å²) < 4.78 is 5.37. The number of alkyl halides is 1. The van der Waals surface area contributed by atoms with Gasteiger partial charge in [0.25, 0.3) is 5.91 Å². The lowest BCUT2D eigenvalue weighted by Gasteiger charge is -2.20. The molecule has 3 nitrogen and oxygen atoms in total. The topological polar surface area (TPSA) is 38.3 Å². The normalized spacial score (nSPS) is 15.2. The zero-order valence-corrected chi connectivity index (χ0v) is 13.7. The molecule has 1 N–H and O–H groups in total. The van der Waals surface area contributed by atoms with E-state index in [1.165, 1.54) is 5.56 Å². The molecule has 0 spiro atoms. The lowest BCUT2D eigenvalue weighted by Crippen LogP contribution is -2.33. The quantitative estimate of drug-likeness (QED) is 0.803. The summed E-state index contributed by atoms with van der Waals surface area (Å²) in [6, 6.07) is 5.81. The molecular weight excluding hydrogens is 318 g/mol. The maximum atomic E-state index is 12.2. The third kappa shape index (κ3) is 3.61. The standard InChI is InChI=1S/C16H22BrNO2/c1-3-11(4-2)15(17)8-18-16(19)12-5-6-13-9-20-10-14(13)7-12/h5-7,11,15H,3-4,8-10H2,1-2H3,(H,18,19). The van der Waals surface area contributed by atoms with Gasteiger partial charge < -0.3 is 10.1 Å². The van der Waals surface area contributed by atoms with E-state index in [4.69, 9.17) is 4.74 Å². The summed E-state index contributed by atoms with van der Waals surface area (Å²) >= 11 is 3.68. The molecule has 1 unspecified atom stereocenters. The van der Waals surface area contributed by atoms with Crippen LogP contribution in [0.25, 0.3) is 0 Å². The maximum absolute atomic E-state index is 12.2. The fraction of sp³-hybridized carbons (Fsp3) is 0.562. The number of hydrogen-bond donors (Lipinski definition) is 1. The van der Waals surface area contributed by atoms with Crippen molar-refractivity contribution in [2.75, 3.05) is 6.54 Å². The highest BCUT2D eigenvalue weighted by molar-refractivity contribution is 9.09. The highest BCUT2D eigenvalue weighted by atomic mass is 79.9. The van der Waals surface area contributed by atoms with Gasteiger partial charge in [-0.05, 0) is 29.2 Å². The van der Waals surface area contributed by atoms with E-state index in [0.717, 1.165) is 24.0 Å². The molecule has 1 heterocycles. The van der Waals surface area contributed by atoms with Gasteiger partial charge in [0, 0.05) is 16.9 Å². The minimum absolute atomic E-state index is 0.00453. The largest absolute Gasteiger partial charge is 0.372 e. The zero-order valence-electron chi connectivity index (χ0n) is 12.1. The Bertz CT molecular complexity index is 472. The summed E-state index contributed by atoms with van der Waals surface area (Å²) in [7, 11) is 0. The highest BCUT2D eigenvalue weighted by Crippen LogP contribution is 2.22. The second kappa shape index (κ2) is 7.23. The summed E-state index contributed by atoms with van der Waals surface area (Å²) in [6.45, 7) is 6.31. The Kier molecular flexibility index (Phi) is 5.61. The predicted octanol–water partition coefficient (Wildman–Crippen LogP) is 3.65. The van der Waals surface area contributed by atoms with Crippen molar-refractivity contribution in [1.29, 1.82) is 0 Å². The molecule has 0 aromatic heterocycles. The van der Waals surface area contributed by atoms with Crippen LogP contribution >= 0.6 is 15.9 Å². The predicted molar refractivity (Wildman–Crippen MR) is 84.1 cm³/mol. The molecule has 0 radical (unpaired) electrons. The number of rotatable bonds is 6. The molecular formula is C16H22BrNO2. The van der Waals surface area contributed by atoms with Gasteiger partial charge >= 0.3 is 0 Å². The first kappa shape index (κ1) is 15.5. The number of carbonyl (C=O) groups excluding carboxylic acids is 1. The van der Waals surface area contributed by atoms with E-state index in [2.05, 4.69) is 35.1 Å². The van der Waals surface area contributed by atoms with Gasteiger partial charge in [0.05, 0.1) is 13.2 Å². The molecule has 0 saturated heterocycles. The third-order valence-electron chi connectivity index (χ3n) is 4.00. The first-order valence-electron chi connectivity index (χ1n) is 7.27. The number of halogens is 1. The van der Waals surface area contributed by atoms with Crippen molar-refractivity contribution in [3.8, 4) is 0 Å². The molecule has 1 aliphatic heterocycles. The van der Waals surface area contributed by atoms with E-state index >= 15 is 0 Å². The number of benzene rings is 1. The lowest BCUT2D eigenvalue weighted by atomic mass is 9.99. The first-order valence-corrected chi connectivity index (χ1v) is 8.19. The van der Waals surface area contributed by atoms with Crippen molar-refractivity contribution in [1.82, 2.24) is 5.32 Å². The minimum Gasteiger partial charge on any atom is -0.372 e. The van der Waals surface area contributed by atoms with Crippen molar-refractivity contribution >= 4 is 21.8 Å². The van der Waals surface area contributed by atoms with Crippen molar-refractivity contribution in [2.24, 2.45) is 5.92 Å². The number of ether oxygens (including phenoxy) is 1. The van der Waals surface area contributed by atoms with E-state index in [1.807, 2.05) is 18.2 Å². The number of nitrogens with one attached hydrogen (secondary N) is 1. The average Bonchev–Trinajstić information content (AvgIpc) is 2.93. The molecule has 0 fully saturated rings. The molecule has 0 bridgehead atoms. The minimum atomic E-state index is -0.00453. The van der Waals surface area contributed by atoms with Gasteiger partial charge in [-0.1, -0.05) is 48.7 Å². The summed E-state index contributed by atoms with van der Waals surface area (Å²) in [5.74, 6) is 0.596. The zero-order chi connectivity index (χ0) is 14.5. The third-order valence-corrected chi connectivity index (χ3v) is 5.07. The van der Waals surface area contributed by atoms with Crippen LogP contribution in [0.15, 0.2) is 18.2 Å². The van der Waals surface area contributed by atoms with Crippen LogP contribution in [0.3, 0.4) is 0 Å². The monoisotopic (exact) mass is 339 g/mol. The molecule has 1 aromatic carbocycles. The number of amides is 1. The van der Waals surface area contributed by atoms with E-state index in [9.17, 15) is 4.79 Å². The Morgan fingerprint density at radius 3 is 2.70 bits per heavy atom. The van der Waals surface area contributed by atoms with Crippen LogP contribution in [0.4, 0.5) is 0 Å². The number of carbonyl (C=O) groups is 1. The van der Waals surface area contributed by atoms with E-state index in [-0.39, 0.29) is 5.91 Å². The molecule has 1 atom stereocenters. The number of fused-ring (bicyclic) bond motifs is 1. The average molecular weight is 340 g/mol. The smallest absolute Gasteiger partial charge is 0.251 e. The second-order valence-corrected chi connectivity index (χ2v) is 6.46.